The van der Waals surface area contributed by atoms with Crippen LogP contribution in [0.4, 0.5) is 5.13 Å². The van der Waals surface area contributed by atoms with Gasteiger partial charge in [0.05, 0.1) is 13.6 Å². The molecule has 3 aliphatic rings. The van der Waals surface area contributed by atoms with Gasteiger partial charge in [-0.25, -0.2) is 9.78 Å². The summed E-state index contributed by atoms with van der Waals surface area (Å²) in [6.45, 7) is 0.985. The first-order chi connectivity index (χ1) is 16.6. The summed E-state index contributed by atoms with van der Waals surface area (Å²) in [4.78, 5) is 60.0. The summed E-state index contributed by atoms with van der Waals surface area (Å²) in [5.74, 6) is -2.55. The standard InChI is InChI=1S/C20H25N7O6S2/c1-27(5-3-4-11(27)15(21)28)6-9-7-34-18-13(17(30)26(18)14(9)19(31)32)24-16(29)12(25-33-2)10-8-35-20(22)23-10/h8,11,13,18H,3-7H2,1-2H3,(H5-,21,22,23,24,28,29,31,32)/p+1/b25-12-/t11?,13?,18-,27+/m1/s1. The van der Waals surface area contributed by atoms with E-state index in [4.69, 9.17) is 16.3 Å². The van der Waals surface area contributed by atoms with E-state index in [2.05, 4.69) is 15.5 Å². The number of quaternary nitrogens is 1. The fourth-order valence-electron chi connectivity index (χ4n) is 4.89. The van der Waals surface area contributed by atoms with E-state index in [9.17, 15) is 24.3 Å². The van der Waals surface area contributed by atoms with Gasteiger partial charge in [0.25, 0.3) is 17.7 Å². The van der Waals surface area contributed by atoms with Crippen LogP contribution in [0.5, 0.6) is 0 Å². The van der Waals surface area contributed by atoms with Crippen LogP contribution in [0, 0.1) is 0 Å². The Bertz CT molecular complexity index is 1150. The number of hydrogen-bond acceptors (Lipinski definition) is 10. The van der Waals surface area contributed by atoms with Crippen molar-refractivity contribution in [3.63, 3.8) is 0 Å². The zero-order valence-corrected chi connectivity index (χ0v) is 20.7. The number of likely N-dealkylation sites (tertiary alicyclic amines) is 1. The lowest BCUT2D eigenvalue weighted by Crippen LogP contribution is -2.71. The summed E-state index contributed by atoms with van der Waals surface area (Å²) in [5, 5.41) is 17.5. The molecule has 1 aromatic heterocycles. The molecule has 35 heavy (non-hydrogen) atoms. The summed E-state index contributed by atoms with van der Waals surface area (Å²) < 4.78 is 0.308. The molecule has 188 valence electrons. The minimum Gasteiger partial charge on any atom is -0.477 e. The number of aromatic nitrogens is 1. The van der Waals surface area contributed by atoms with Crippen molar-refractivity contribution in [3.05, 3.63) is 22.3 Å². The summed E-state index contributed by atoms with van der Waals surface area (Å²) in [7, 11) is 3.16. The van der Waals surface area contributed by atoms with Crippen molar-refractivity contribution in [1.82, 2.24) is 15.2 Å². The van der Waals surface area contributed by atoms with Crippen LogP contribution >= 0.6 is 23.1 Å². The maximum atomic E-state index is 13.0. The lowest BCUT2D eigenvalue weighted by molar-refractivity contribution is -0.907. The smallest absolute Gasteiger partial charge is 0.352 e. The Morgan fingerprint density at radius 1 is 1.43 bits per heavy atom. The second kappa shape index (κ2) is 9.47. The third kappa shape index (κ3) is 4.46. The number of carboxylic acids is 1. The van der Waals surface area contributed by atoms with Crippen LogP contribution < -0.4 is 16.8 Å². The van der Waals surface area contributed by atoms with E-state index >= 15 is 0 Å². The maximum Gasteiger partial charge on any atom is 0.352 e. The fourth-order valence-corrected chi connectivity index (χ4v) is 6.78. The number of aliphatic carboxylic acids is 1. The van der Waals surface area contributed by atoms with Crippen LogP contribution in [-0.4, -0.2) is 99.3 Å². The number of primary amides is 1. The van der Waals surface area contributed by atoms with Gasteiger partial charge in [-0.3, -0.25) is 19.3 Å². The molecule has 15 heteroatoms. The third-order valence-electron chi connectivity index (χ3n) is 6.48. The number of carbonyl (C=O) groups is 4. The predicted molar refractivity (Wildman–Crippen MR) is 128 cm³/mol. The summed E-state index contributed by atoms with van der Waals surface area (Å²) >= 11 is 2.47. The van der Waals surface area contributed by atoms with Gasteiger partial charge < -0.3 is 31.2 Å². The first kappa shape index (κ1) is 24.9. The Morgan fingerprint density at radius 2 is 2.17 bits per heavy atom. The number of oxime groups is 1. The molecular weight excluding hydrogens is 498 g/mol. The molecule has 4 heterocycles. The molecule has 0 bridgehead atoms. The molecule has 3 aliphatic heterocycles. The molecule has 1 aromatic rings. The zero-order valence-electron chi connectivity index (χ0n) is 19.1. The van der Waals surface area contributed by atoms with Crippen molar-refractivity contribution in [2.24, 2.45) is 10.9 Å². The molecule has 3 amide bonds. The lowest BCUT2D eigenvalue weighted by atomic mass is 10.0. The number of likely N-dealkylation sites (N-methyl/N-ethyl adjacent to an activating group) is 1. The van der Waals surface area contributed by atoms with Crippen LogP contribution in [-0.2, 0) is 24.0 Å². The minimum atomic E-state index is -1.23. The van der Waals surface area contributed by atoms with Crippen molar-refractivity contribution in [2.75, 3.05) is 38.7 Å². The van der Waals surface area contributed by atoms with Gasteiger partial charge in [-0.2, -0.15) is 0 Å². The molecule has 13 nitrogen and oxygen atoms in total. The minimum absolute atomic E-state index is 0.100. The number of amides is 3. The number of anilines is 1. The summed E-state index contributed by atoms with van der Waals surface area (Å²) in [6, 6.07) is -1.35. The molecule has 2 saturated heterocycles. The van der Waals surface area contributed by atoms with Crippen LogP contribution in [0.15, 0.2) is 21.8 Å². The maximum absolute atomic E-state index is 13.0. The topological polar surface area (TPSA) is 190 Å². The number of fused-ring (bicyclic) bond motifs is 1. The number of nitrogens with one attached hydrogen (secondary N) is 1. The Kier molecular flexibility index (Phi) is 6.75. The van der Waals surface area contributed by atoms with E-state index in [0.29, 0.717) is 35.3 Å². The van der Waals surface area contributed by atoms with Gasteiger partial charge in [0, 0.05) is 29.5 Å². The largest absolute Gasteiger partial charge is 0.477 e. The third-order valence-corrected chi connectivity index (χ3v) is 8.49. The van der Waals surface area contributed by atoms with Gasteiger partial charge in [0.15, 0.2) is 16.9 Å². The van der Waals surface area contributed by atoms with Crippen molar-refractivity contribution in [3.8, 4) is 0 Å². The van der Waals surface area contributed by atoms with Crippen molar-refractivity contribution >= 4 is 57.6 Å². The highest BCUT2D eigenvalue weighted by Crippen LogP contribution is 2.41. The molecule has 0 spiro atoms. The van der Waals surface area contributed by atoms with E-state index in [0.717, 1.165) is 17.8 Å². The number of nitrogens with two attached hydrogens (primary N) is 2. The molecule has 0 saturated carbocycles. The Hall–Kier alpha value is -3.17. The SMILES string of the molecule is CO/N=C(\C(=O)NC1C(=O)N2C(C(=O)O)=C(C[N@+]3(C)CCCC3C(N)=O)CS[C@H]12)c1csc(N)n1. The fraction of sp³-hybridized carbons (Fsp3) is 0.500. The predicted octanol–water partition coefficient (Wildman–Crippen LogP) is -1.09. The first-order valence-corrected chi connectivity index (χ1v) is 12.7. The molecule has 0 aliphatic carbocycles. The van der Waals surface area contributed by atoms with E-state index in [-0.39, 0.29) is 22.2 Å². The number of nitrogen functional groups attached to an aromatic ring is 1. The number of rotatable bonds is 8. The van der Waals surface area contributed by atoms with Crippen molar-refractivity contribution in [2.45, 2.75) is 30.3 Å². The Morgan fingerprint density at radius 3 is 2.77 bits per heavy atom. The highest BCUT2D eigenvalue weighted by molar-refractivity contribution is 8.00. The van der Waals surface area contributed by atoms with E-state index < -0.39 is 41.1 Å². The molecule has 0 radical (unpaired) electrons. The van der Waals surface area contributed by atoms with Gasteiger partial charge in [0.1, 0.15) is 36.5 Å². The average Bonchev–Trinajstić information content (AvgIpc) is 3.40. The molecular formula is C20H26N7O6S2+. The van der Waals surface area contributed by atoms with Gasteiger partial charge in [-0.05, 0) is 0 Å². The molecule has 4 rings (SSSR count). The molecule has 2 fully saturated rings. The molecule has 0 aromatic carbocycles. The monoisotopic (exact) mass is 524 g/mol. The average molecular weight is 525 g/mol. The Balaban J connectivity index is 1.54. The van der Waals surface area contributed by atoms with Crippen molar-refractivity contribution < 1.29 is 33.6 Å². The zero-order chi connectivity index (χ0) is 25.5. The van der Waals surface area contributed by atoms with E-state index in [1.165, 1.54) is 29.2 Å². The van der Waals surface area contributed by atoms with E-state index in [1.807, 2.05) is 7.05 Å². The number of thioether (sulfide) groups is 1. The molecule has 6 N–H and O–H groups in total. The number of carbonyl (C=O) groups excluding carboxylic acids is 3. The van der Waals surface area contributed by atoms with Crippen LogP contribution in [0.3, 0.4) is 0 Å². The first-order valence-electron chi connectivity index (χ1n) is 10.7. The molecule has 4 atom stereocenters. The number of β-lactam (4-membered cyclic amide) rings is 1. The summed E-state index contributed by atoms with van der Waals surface area (Å²) in [5.41, 5.74) is 11.7. The lowest BCUT2D eigenvalue weighted by Gasteiger charge is -2.50. The van der Waals surface area contributed by atoms with Gasteiger partial charge >= 0.3 is 5.97 Å². The van der Waals surface area contributed by atoms with Crippen LogP contribution in [0.1, 0.15) is 18.5 Å². The van der Waals surface area contributed by atoms with Gasteiger partial charge in [0.2, 0.25) is 0 Å². The van der Waals surface area contributed by atoms with Gasteiger partial charge in [-0.15, -0.1) is 23.1 Å². The highest BCUT2D eigenvalue weighted by atomic mass is 32.2. The summed E-state index contributed by atoms with van der Waals surface area (Å²) in [6.07, 6.45) is 1.45. The molecule has 2 unspecified atom stereocenters. The number of nitrogens with zero attached hydrogens (tertiary/aromatic N) is 4. The number of carboxylic acid groups (broad SMARTS) is 1. The normalized spacial score (nSPS) is 28.4. The van der Waals surface area contributed by atoms with Crippen LogP contribution in [0.25, 0.3) is 0 Å². The second-order valence-electron chi connectivity index (χ2n) is 8.73. The number of thiazole rings is 1. The second-order valence-corrected chi connectivity index (χ2v) is 10.7. The van der Waals surface area contributed by atoms with Crippen molar-refractivity contribution in [1.29, 1.82) is 0 Å². The van der Waals surface area contributed by atoms with E-state index in [1.54, 1.807) is 0 Å². The Labute approximate surface area is 208 Å². The van der Waals surface area contributed by atoms with Gasteiger partial charge in [-0.1, -0.05) is 5.16 Å². The highest BCUT2D eigenvalue weighted by Gasteiger charge is 2.55. The number of hydrogen-bond donors (Lipinski definition) is 4. The van der Waals surface area contributed by atoms with Crippen LogP contribution in [0.2, 0.25) is 0 Å². The quantitative estimate of drug-likeness (QED) is 0.142.